The predicted molar refractivity (Wildman–Crippen MR) is 98.0 cm³/mol. The van der Waals surface area contributed by atoms with Crippen LogP contribution in [0, 0.1) is 11.3 Å². The zero-order valence-corrected chi connectivity index (χ0v) is 15.3. The number of thiophene rings is 2. The Morgan fingerprint density at radius 2 is 2.12 bits per heavy atom. The molecule has 0 saturated heterocycles. The Hall–Kier alpha value is -2.54. The van der Waals surface area contributed by atoms with E-state index < -0.39 is 18.0 Å². The van der Waals surface area contributed by atoms with Gasteiger partial charge in [0.2, 0.25) is 0 Å². The van der Waals surface area contributed by atoms with Crippen molar-refractivity contribution in [2.75, 3.05) is 5.32 Å². The Morgan fingerprint density at radius 1 is 1.28 bits per heavy atom. The van der Waals surface area contributed by atoms with E-state index in [1.165, 1.54) is 40.9 Å². The molecule has 0 aliphatic heterocycles. The average molecular weight is 389 g/mol. The van der Waals surface area contributed by atoms with Crippen molar-refractivity contribution >= 4 is 50.9 Å². The molecule has 126 valence electrons. The minimum absolute atomic E-state index is 0.168. The third kappa shape index (κ3) is 3.93. The molecule has 25 heavy (non-hydrogen) atoms. The number of amides is 1. The van der Waals surface area contributed by atoms with Gasteiger partial charge in [0.15, 0.2) is 11.8 Å². The van der Waals surface area contributed by atoms with Crippen LogP contribution in [-0.2, 0) is 9.53 Å². The summed E-state index contributed by atoms with van der Waals surface area (Å²) >= 11 is 4.11. The third-order valence-electron chi connectivity index (χ3n) is 3.12. The Morgan fingerprint density at radius 3 is 2.84 bits per heavy atom. The van der Waals surface area contributed by atoms with Crippen LogP contribution in [0.15, 0.2) is 34.3 Å². The van der Waals surface area contributed by atoms with Crippen LogP contribution in [0.1, 0.15) is 23.0 Å². The van der Waals surface area contributed by atoms with Crippen molar-refractivity contribution in [3.05, 3.63) is 45.6 Å². The number of esters is 1. The van der Waals surface area contributed by atoms with Crippen LogP contribution in [0.4, 0.5) is 5.00 Å². The lowest BCUT2D eigenvalue weighted by Crippen LogP contribution is -2.30. The van der Waals surface area contributed by atoms with Gasteiger partial charge in [-0.1, -0.05) is 6.07 Å². The maximum absolute atomic E-state index is 12.2. The average Bonchev–Trinajstić information content (AvgIpc) is 3.34. The van der Waals surface area contributed by atoms with Crippen molar-refractivity contribution in [1.82, 2.24) is 4.98 Å². The minimum Gasteiger partial charge on any atom is -0.448 e. The number of hydrogen-bond donors (Lipinski definition) is 1. The molecule has 0 bridgehead atoms. The topological polar surface area (TPSA) is 92.1 Å². The molecule has 3 aromatic rings. The van der Waals surface area contributed by atoms with E-state index >= 15 is 0 Å². The van der Waals surface area contributed by atoms with Crippen LogP contribution in [0.3, 0.4) is 0 Å². The summed E-state index contributed by atoms with van der Waals surface area (Å²) in [4.78, 5) is 29.5. The van der Waals surface area contributed by atoms with Gasteiger partial charge < -0.3 is 10.1 Å². The highest BCUT2D eigenvalue weighted by atomic mass is 32.1. The predicted octanol–water partition coefficient (Wildman–Crippen LogP) is 3.99. The minimum atomic E-state index is -1.01. The van der Waals surface area contributed by atoms with Gasteiger partial charge in [-0.05, 0) is 29.8 Å². The zero-order chi connectivity index (χ0) is 17.8. The number of nitrogens with one attached hydrogen (secondary N) is 1. The van der Waals surface area contributed by atoms with Gasteiger partial charge in [-0.3, -0.25) is 4.79 Å². The molecule has 1 N–H and O–H groups in total. The second-order valence-corrected chi connectivity index (χ2v) is 7.55. The molecule has 0 radical (unpaired) electrons. The number of thiazole rings is 1. The fourth-order valence-electron chi connectivity index (χ4n) is 1.86. The van der Waals surface area contributed by atoms with Gasteiger partial charge in [-0.25, -0.2) is 9.78 Å². The molecule has 6 nitrogen and oxygen atoms in total. The largest absolute Gasteiger partial charge is 0.448 e. The fourth-order valence-corrected chi connectivity index (χ4v) is 4.21. The van der Waals surface area contributed by atoms with Gasteiger partial charge in [0.05, 0.1) is 10.4 Å². The summed E-state index contributed by atoms with van der Waals surface area (Å²) in [5, 5.41) is 17.9. The Kier molecular flexibility index (Phi) is 5.23. The van der Waals surface area contributed by atoms with Crippen molar-refractivity contribution in [2.45, 2.75) is 13.0 Å². The lowest BCUT2D eigenvalue weighted by molar-refractivity contribution is -0.123. The summed E-state index contributed by atoms with van der Waals surface area (Å²) in [6.07, 6.45) is -1.01. The second-order valence-electron chi connectivity index (χ2n) is 4.83. The fraction of sp³-hybridized carbons (Fsp3) is 0.125. The van der Waals surface area contributed by atoms with Gasteiger partial charge in [0.25, 0.3) is 5.91 Å². The smallest absolute Gasteiger partial charge is 0.358 e. The van der Waals surface area contributed by atoms with Gasteiger partial charge in [0.1, 0.15) is 16.1 Å². The number of ether oxygens (including phenoxy) is 1. The molecular formula is C16H11N3O3S3. The standard InChI is InChI=1S/C16H11N3O3S3/c1-9(13(20)19-14-10(7-17)4-6-24-14)22-16(21)11-8-25-15(18-11)12-3-2-5-23-12/h2-6,8-9H,1H3,(H,19,20)/t9-/m0/s1. The van der Waals surface area contributed by atoms with E-state index in [9.17, 15) is 9.59 Å². The van der Waals surface area contributed by atoms with Gasteiger partial charge in [-0.2, -0.15) is 5.26 Å². The second kappa shape index (κ2) is 7.57. The van der Waals surface area contributed by atoms with Crippen LogP contribution in [-0.4, -0.2) is 23.0 Å². The van der Waals surface area contributed by atoms with Crippen molar-refractivity contribution in [1.29, 1.82) is 5.26 Å². The molecule has 1 amide bonds. The molecule has 0 fully saturated rings. The van der Waals surface area contributed by atoms with E-state index in [2.05, 4.69) is 10.3 Å². The van der Waals surface area contributed by atoms with E-state index in [1.807, 2.05) is 23.6 Å². The molecule has 0 saturated carbocycles. The first kappa shape index (κ1) is 17.3. The number of rotatable bonds is 5. The summed E-state index contributed by atoms with van der Waals surface area (Å²) in [6, 6.07) is 7.42. The Bertz CT molecular complexity index is 937. The highest BCUT2D eigenvalue weighted by Gasteiger charge is 2.22. The van der Waals surface area contributed by atoms with Crippen molar-refractivity contribution in [3.8, 4) is 16.0 Å². The monoisotopic (exact) mass is 389 g/mol. The molecule has 0 unspecified atom stereocenters. The first-order valence-corrected chi connectivity index (χ1v) is 9.71. The molecule has 9 heteroatoms. The molecule has 1 atom stereocenters. The Labute approximate surface area is 155 Å². The summed E-state index contributed by atoms with van der Waals surface area (Å²) in [5.74, 6) is -1.16. The maximum atomic E-state index is 12.2. The van der Waals surface area contributed by atoms with Gasteiger partial charge >= 0.3 is 5.97 Å². The maximum Gasteiger partial charge on any atom is 0.358 e. The van der Waals surface area contributed by atoms with E-state index in [-0.39, 0.29) is 5.69 Å². The summed E-state index contributed by atoms with van der Waals surface area (Å²) in [7, 11) is 0. The van der Waals surface area contributed by atoms with Gasteiger partial charge in [-0.15, -0.1) is 34.0 Å². The third-order valence-corrected chi connectivity index (χ3v) is 5.83. The molecular weight excluding hydrogens is 378 g/mol. The van der Waals surface area contributed by atoms with Crippen LogP contribution in [0.5, 0.6) is 0 Å². The highest BCUT2D eigenvalue weighted by molar-refractivity contribution is 7.20. The van der Waals surface area contributed by atoms with Gasteiger partial charge in [0, 0.05) is 5.38 Å². The number of nitrogens with zero attached hydrogens (tertiary/aromatic N) is 2. The summed E-state index contributed by atoms with van der Waals surface area (Å²) in [6.45, 7) is 1.47. The number of carbonyl (C=O) groups excluding carboxylic acids is 2. The quantitative estimate of drug-likeness (QED) is 0.666. The van der Waals surface area contributed by atoms with E-state index in [0.29, 0.717) is 10.6 Å². The normalized spacial score (nSPS) is 11.5. The number of anilines is 1. The lowest BCUT2D eigenvalue weighted by atomic mass is 10.3. The summed E-state index contributed by atoms with van der Waals surface area (Å²) in [5.41, 5.74) is 0.541. The first-order chi connectivity index (χ1) is 12.1. The number of carbonyl (C=O) groups is 2. The molecule has 0 spiro atoms. The van der Waals surface area contributed by atoms with Crippen LogP contribution in [0.25, 0.3) is 9.88 Å². The SMILES string of the molecule is C[C@H](OC(=O)c1csc(-c2cccs2)n1)C(=O)Nc1sccc1C#N. The van der Waals surface area contributed by atoms with Crippen molar-refractivity contribution in [3.63, 3.8) is 0 Å². The Balaban J connectivity index is 1.62. The molecule has 3 aromatic heterocycles. The molecule has 0 aliphatic rings. The summed E-state index contributed by atoms with van der Waals surface area (Å²) < 4.78 is 5.17. The van der Waals surface area contributed by atoms with E-state index in [0.717, 1.165) is 9.88 Å². The van der Waals surface area contributed by atoms with E-state index in [1.54, 1.807) is 16.8 Å². The number of hydrogen-bond acceptors (Lipinski definition) is 8. The molecule has 3 heterocycles. The van der Waals surface area contributed by atoms with Crippen molar-refractivity contribution in [2.24, 2.45) is 0 Å². The van der Waals surface area contributed by atoms with Crippen molar-refractivity contribution < 1.29 is 14.3 Å². The van der Waals surface area contributed by atoms with Crippen LogP contribution >= 0.6 is 34.0 Å². The molecule has 0 aliphatic carbocycles. The van der Waals surface area contributed by atoms with Crippen LogP contribution in [0.2, 0.25) is 0 Å². The first-order valence-electron chi connectivity index (χ1n) is 7.07. The van der Waals surface area contributed by atoms with E-state index in [4.69, 9.17) is 10.00 Å². The molecule has 0 aromatic carbocycles. The number of nitriles is 1. The lowest BCUT2D eigenvalue weighted by Gasteiger charge is -2.12. The van der Waals surface area contributed by atoms with Crippen LogP contribution < -0.4 is 5.32 Å². The number of aromatic nitrogens is 1. The highest BCUT2D eigenvalue weighted by Crippen LogP contribution is 2.28. The molecule has 3 rings (SSSR count). The zero-order valence-electron chi connectivity index (χ0n) is 12.9.